The number of ether oxygens (including phenoxy) is 7. The molecule has 3 N–H and O–H groups in total. The highest BCUT2D eigenvalue weighted by molar-refractivity contribution is 5.89. The van der Waals surface area contributed by atoms with E-state index in [2.05, 4.69) is 16.9 Å². The molecule has 0 unspecified atom stereocenters. The topological polar surface area (TPSA) is 198 Å². The molecule has 15 nitrogen and oxygen atoms in total. The highest BCUT2D eigenvalue weighted by Crippen LogP contribution is 2.66. The van der Waals surface area contributed by atoms with Gasteiger partial charge in [0.05, 0.1) is 29.9 Å². The van der Waals surface area contributed by atoms with Crippen LogP contribution in [0.4, 0.5) is 4.79 Å². The first kappa shape index (κ1) is 44.4. The second kappa shape index (κ2) is 15.9. The molecule has 2 saturated heterocycles. The van der Waals surface area contributed by atoms with Crippen molar-refractivity contribution < 1.29 is 62.5 Å². The second-order valence-corrected chi connectivity index (χ2v) is 18.9. The molecule has 2 saturated carbocycles. The van der Waals surface area contributed by atoms with Gasteiger partial charge in [0.1, 0.15) is 41.7 Å². The molecule has 15 heteroatoms. The molecular weight excluding hydrogens is 789 g/mol. The first-order valence-electron chi connectivity index (χ1n) is 20.8. The summed E-state index contributed by atoms with van der Waals surface area (Å²) in [4.78, 5) is 59.2. The molecule has 3 aliphatic carbocycles. The van der Waals surface area contributed by atoms with Gasteiger partial charge in [0.25, 0.3) is 0 Å². The van der Waals surface area contributed by atoms with Crippen molar-refractivity contribution in [3.8, 4) is 0 Å². The van der Waals surface area contributed by atoms with Gasteiger partial charge in [-0.25, -0.2) is 14.4 Å². The van der Waals surface area contributed by atoms with Crippen LogP contribution < -0.4 is 5.32 Å². The molecule has 0 radical (unpaired) electrons. The van der Waals surface area contributed by atoms with Gasteiger partial charge in [-0.05, 0) is 88.4 Å². The Morgan fingerprint density at radius 3 is 2.33 bits per heavy atom. The fraction of sp³-hybridized carbons (Fsp3) is 0.587. The fourth-order valence-electron chi connectivity index (χ4n) is 10.5. The van der Waals surface area contributed by atoms with E-state index in [-0.39, 0.29) is 24.3 Å². The average molecular weight is 847 g/mol. The summed E-state index contributed by atoms with van der Waals surface area (Å²) in [7, 11) is 0. The molecule has 5 aliphatic rings. The van der Waals surface area contributed by atoms with Crippen LogP contribution in [0.2, 0.25) is 0 Å². The summed E-state index contributed by atoms with van der Waals surface area (Å²) in [6.07, 6.45) is -5.08. The van der Waals surface area contributed by atoms with E-state index in [1.54, 1.807) is 70.2 Å². The number of carbonyl (C=O) groups excluding carboxylic acids is 4. The Labute approximate surface area is 356 Å². The highest BCUT2D eigenvalue weighted by atomic mass is 16.7. The predicted molar refractivity (Wildman–Crippen MR) is 217 cm³/mol. The van der Waals surface area contributed by atoms with E-state index >= 15 is 0 Å². The maximum absolute atomic E-state index is 14.4. The lowest BCUT2D eigenvalue weighted by atomic mass is 9.45. The van der Waals surface area contributed by atoms with Crippen LogP contribution in [-0.2, 0) is 42.7 Å². The van der Waals surface area contributed by atoms with Gasteiger partial charge in [0.2, 0.25) is 0 Å². The fourth-order valence-corrected chi connectivity index (χ4v) is 10.5. The SMILES string of the molecule is C=C[C@@H]1O[C@@H]2C3=C(C)[C@@H](OC(=O)[C@H](O)[C@@H](NC(=O)OC(C)(C)C)c4ccc(C)cn4)C[C@@](O)([C@@H](OC(=O)c4ccccc4)[C@H]4[C@@](C)(CC[C@H]5OC[C@]54OC(C)=O)[C@@H]2O1)C3(C)C. The molecule has 61 heavy (non-hydrogen) atoms. The van der Waals surface area contributed by atoms with Gasteiger partial charge in [-0.3, -0.25) is 9.78 Å². The number of carbonyl (C=O) groups is 4. The van der Waals surface area contributed by atoms with Gasteiger partial charge in [0, 0.05) is 30.4 Å². The summed E-state index contributed by atoms with van der Waals surface area (Å²) in [5.41, 5.74) is -4.38. The summed E-state index contributed by atoms with van der Waals surface area (Å²) < 4.78 is 44.1. The summed E-state index contributed by atoms with van der Waals surface area (Å²) in [5.74, 6) is -3.41. The molecule has 1 aromatic carbocycles. The van der Waals surface area contributed by atoms with Crippen molar-refractivity contribution in [3.05, 3.63) is 89.3 Å². The van der Waals surface area contributed by atoms with Gasteiger partial charge < -0.3 is 48.7 Å². The van der Waals surface area contributed by atoms with E-state index in [4.69, 9.17) is 33.2 Å². The van der Waals surface area contributed by atoms with E-state index in [9.17, 15) is 29.4 Å². The Morgan fingerprint density at radius 2 is 1.74 bits per heavy atom. The Bertz CT molecular complexity index is 2080. The van der Waals surface area contributed by atoms with Crippen LogP contribution in [0.3, 0.4) is 0 Å². The molecule has 4 fully saturated rings. The third-order valence-corrected chi connectivity index (χ3v) is 13.5. The standard InChI is InChI=1S/C46H58N2O13/c1-11-31-57-35-32-25(3)29(56-40(52)34(50)33(28-18-17-24(2)22-47-28)48-41(53)61-42(5,6)7)21-46(54,43(32,8)9)38(59-39(51)27-15-13-12-14-16-27)36-44(10,37(35)58-31)20-19-30-45(36,23-55-30)60-26(4)49/h11-18,22,29-31,33-38,50,54H,1,19-21,23H2,2-10H3,(H,48,53)/t29-,30+,31+,33-,34+,35+,36-,37+,38-,44+,45-,46+/m0/s1. The highest BCUT2D eigenvalue weighted by Gasteiger charge is 2.77. The van der Waals surface area contributed by atoms with Crippen molar-refractivity contribution >= 4 is 24.0 Å². The minimum atomic E-state index is -2.08. The molecule has 2 bridgehead atoms. The van der Waals surface area contributed by atoms with Crippen LogP contribution in [0.5, 0.6) is 0 Å². The number of hydrogen-bond acceptors (Lipinski definition) is 14. The van der Waals surface area contributed by atoms with E-state index < -0.39 is 107 Å². The molecule has 2 aromatic rings. The third-order valence-electron chi connectivity index (χ3n) is 13.5. The van der Waals surface area contributed by atoms with E-state index in [1.807, 2.05) is 27.7 Å². The third kappa shape index (κ3) is 7.66. The van der Waals surface area contributed by atoms with Crippen molar-refractivity contribution in [2.75, 3.05) is 6.61 Å². The predicted octanol–water partition coefficient (Wildman–Crippen LogP) is 5.36. The van der Waals surface area contributed by atoms with Crippen LogP contribution in [0, 0.1) is 23.7 Å². The number of nitrogens with one attached hydrogen (secondary N) is 1. The van der Waals surface area contributed by atoms with Crippen LogP contribution in [0.25, 0.3) is 0 Å². The number of aliphatic hydroxyl groups is 2. The van der Waals surface area contributed by atoms with Gasteiger partial charge in [-0.2, -0.15) is 0 Å². The van der Waals surface area contributed by atoms with E-state index in [0.29, 0.717) is 24.0 Å². The van der Waals surface area contributed by atoms with Crippen molar-refractivity contribution in [3.63, 3.8) is 0 Å². The minimum Gasteiger partial charge on any atom is -0.456 e. The molecule has 1 amide bonds. The van der Waals surface area contributed by atoms with Crippen LogP contribution in [0.15, 0.2) is 72.5 Å². The number of pyridine rings is 1. The summed E-state index contributed by atoms with van der Waals surface area (Å²) >= 11 is 0. The maximum atomic E-state index is 14.4. The number of amides is 1. The summed E-state index contributed by atoms with van der Waals surface area (Å²) in [5, 5.41) is 28.2. The zero-order chi connectivity index (χ0) is 44.4. The number of esters is 3. The zero-order valence-corrected chi connectivity index (χ0v) is 36.3. The number of aryl methyl sites for hydroxylation is 1. The zero-order valence-electron chi connectivity index (χ0n) is 36.3. The monoisotopic (exact) mass is 846 g/mol. The first-order valence-corrected chi connectivity index (χ1v) is 20.8. The largest absolute Gasteiger partial charge is 0.456 e. The molecule has 1 aromatic heterocycles. The van der Waals surface area contributed by atoms with Crippen molar-refractivity contribution in [2.45, 2.75) is 147 Å². The van der Waals surface area contributed by atoms with Crippen molar-refractivity contribution in [2.24, 2.45) is 16.7 Å². The molecule has 0 spiro atoms. The number of alkyl carbamates (subject to hydrolysis) is 1. The summed E-state index contributed by atoms with van der Waals surface area (Å²) in [6.45, 7) is 19.4. The molecule has 7 rings (SSSR count). The lowest BCUT2D eigenvalue weighted by Crippen LogP contribution is -2.79. The van der Waals surface area contributed by atoms with Gasteiger partial charge in [0.15, 0.2) is 18.0 Å². The molecule has 12 atom stereocenters. The Morgan fingerprint density at radius 1 is 1.03 bits per heavy atom. The lowest BCUT2D eigenvalue weighted by molar-refractivity contribution is -0.345. The quantitative estimate of drug-likeness (QED) is 0.166. The maximum Gasteiger partial charge on any atom is 0.408 e. The first-order chi connectivity index (χ1) is 28.6. The van der Waals surface area contributed by atoms with Crippen LogP contribution in [0.1, 0.15) is 102 Å². The van der Waals surface area contributed by atoms with Crippen LogP contribution in [-0.4, -0.2) is 106 Å². The van der Waals surface area contributed by atoms with Crippen LogP contribution >= 0.6 is 0 Å². The molecule has 2 aliphatic heterocycles. The Hall–Kier alpha value is -4.67. The lowest BCUT2D eigenvalue weighted by Gasteiger charge is -2.68. The summed E-state index contributed by atoms with van der Waals surface area (Å²) in [6, 6.07) is 10.2. The van der Waals surface area contributed by atoms with Crippen molar-refractivity contribution in [1.29, 1.82) is 0 Å². The van der Waals surface area contributed by atoms with E-state index in [0.717, 1.165) is 5.56 Å². The number of fused-ring (bicyclic) bond motifs is 8. The van der Waals surface area contributed by atoms with Crippen molar-refractivity contribution in [1.82, 2.24) is 10.3 Å². The molecule has 330 valence electrons. The average Bonchev–Trinajstić information content (AvgIpc) is 3.61. The number of nitrogens with zero attached hydrogens (tertiary/aromatic N) is 1. The Kier molecular flexibility index (Phi) is 11.6. The smallest absolute Gasteiger partial charge is 0.408 e. The number of benzene rings is 1. The van der Waals surface area contributed by atoms with E-state index in [1.165, 1.54) is 19.2 Å². The normalized spacial score (nSPS) is 34.6. The van der Waals surface area contributed by atoms with Gasteiger partial charge in [-0.1, -0.05) is 51.6 Å². The Balaban J connectivity index is 1.37. The molecular formula is C46H58N2O13. The number of rotatable bonds is 9. The number of hydrogen-bond donors (Lipinski definition) is 3. The van der Waals surface area contributed by atoms with Gasteiger partial charge in [-0.15, -0.1) is 0 Å². The number of aromatic nitrogens is 1. The second-order valence-electron chi connectivity index (χ2n) is 18.9. The van der Waals surface area contributed by atoms with Gasteiger partial charge >= 0.3 is 24.0 Å². The number of aliphatic hydroxyl groups excluding tert-OH is 1. The molecule has 3 heterocycles. The minimum absolute atomic E-state index is 0.0397.